The van der Waals surface area contributed by atoms with Crippen molar-refractivity contribution in [3.8, 4) is 0 Å². The summed E-state index contributed by atoms with van der Waals surface area (Å²) < 4.78 is 0. The number of aromatic nitrogens is 3. The first-order valence-electron chi connectivity index (χ1n) is 7.19. The molecule has 6 heteroatoms. The molecule has 0 aliphatic heterocycles. The number of carbonyl (C=O) groups excluding carboxylic acids is 1. The molecular weight excluding hydrogens is 296 g/mol. The zero-order valence-corrected chi connectivity index (χ0v) is 13.8. The van der Waals surface area contributed by atoms with Crippen molar-refractivity contribution >= 4 is 33.3 Å². The first-order valence-corrected chi connectivity index (χ1v) is 8.00. The largest absolute Gasteiger partial charge is 0.351 e. The second-order valence-corrected chi connectivity index (χ2v) is 6.79. The summed E-state index contributed by atoms with van der Waals surface area (Å²) in [6.45, 7) is 8.19. The molecule has 3 aromatic rings. The summed E-state index contributed by atoms with van der Waals surface area (Å²) >= 11 is 1.41. The van der Waals surface area contributed by atoms with Gasteiger partial charge in [-0.05, 0) is 37.1 Å². The summed E-state index contributed by atoms with van der Waals surface area (Å²) in [4.78, 5) is 15.5. The van der Waals surface area contributed by atoms with Crippen LogP contribution in [0, 0.1) is 13.8 Å². The van der Waals surface area contributed by atoms with Crippen LogP contribution in [0.1, 0.15) is 46.4 Å². The van der Waals surface area contributed by atoms with Crippen molar-refractivity contribution in [2.75, 3.05) is 5.32 Å². The molecule has 0 saturated heterocycles. The third-order valence-electron chi connectivity index (χ3n) is 3.49. The fraction of sp³-hybridized carbons (Fsp3) is 0.312. The van der Waals surface area contributed by atoms with Crippen molar-refractivity contribution < 1.29 is 4.79 Å². The van der Waals surface area contributed by atoms with E-state index in [0.29, 0.717) is 16.7 Å². The molecule has 0 atom stereocenters. The van der Waals surface area contributed by atoms with Gasteiger partial charge in [-0.1, -0.05) is 31.3 Å². The van der Waals surface area contributed by atoms with Gasteiger partial charge in [0.25, 0.3) is 5.91 Å². The van der Waals surface area contributed by atoms with E-state index >= 15 is 0 Å². The van der Waals surface area contributed by atoms with Crippen LogP contribution in [0.5, 0.6) is 0 Å². The molecule has 0 spiro atoms. The molecule has 2 aromatic heterocycles. The van der Waals surface area contributed by atoms with Gasteiger partial charge in [-0.15, -0.1) is 10.2 Å². The van der Waals surface area contributed by atoms with E-state index in [-0.39, 0.29) is 5.91 Å². The quantitative estimate of drug-likeness (QED) is 0.767. The average molecular weight is 314 g/mol. The number of anilines is 1. The number of carbonyl (C=O) groups is 1. The summed E-state index contributed by atoms with van der Waals surface area (Å²) in [5.74, 6) is 0.113. The number of fused-ring (bicyclic) bond motifs is 1. The Bertz CT molecular complexity index is 847. The molecule has 3 rings (SSSR count). The monoisotopic (exact) mass is 314 g/mol. The van der Waals surface area contributed by atoms with E-state index in [1.54, 1.807) is 0 Å². The van der Waals surface area contributed by atoms with Crippen molar-refractivity contribution in [3.63, 3.8) is 0 Å². The number of nitrogens with one attached hydrogen (secondary N) is 2. The van der Waals surface area contributed by atoms with E-state index in [1.165, 1.54) is 16.9 Å². The fourth-order valence-electron chi connectivity index (χ4n) is 2.40. The number of amides is 1. The number of rotatable bonds is 3. The molecule has 2 N–H and O–H groups in total. The Labute approximate surface area is 132 Å². The maximum atomic E-state index is 12.4. The van der Waals surface area contributed by atoms with Gasteiger partial charge in [-0.25, -0.2) is 0 Å². The number of nitrogens with zero attached hydrogens (tertiary/aromatic N) is 2. The third kappa shape index (κ3) is 2.74. The minimum Gasteiger partial charge on any atom is -0.351 e. The van der Waals surface area contributed by atoms with E-state index in [4.69, 9.17) is 0 Å². The molecule has 22 heavy (non-hydrogen) atoms. The lowest BCUT2D eigenvalue weighted by Gasteiger charge is -1.98. The zero-order valence-electron chi connectivity index (χ0n) is 13.0. The number of hydrogen-bond donors (Lipinski definition) is 2. The van der Waals surface area contributed by atoms with Crippen molar-refractivity contribution in [3.05, 3.63) is 40.0 Å². The molecule has 0 fully saturated rings. The number of hydrogen-bond acceptors (Lipinski definition) is 4. The summed E-state index contributed by atoms with van der Waals surface area (Å²) in [6.07, 6.45) is 0. The smallest absolute Gasteiger partial charge is 0.273 e. The Morgan fingerprint density at radius 3 is 2.68 bits per heavy atom. The van der Waals surface area contributed by atoms with Crippen molar-refractivity contribution in [2.24, 2.45) is 0 Å². The van der Waals surface area contributed by atoms with E-state index < -0.39 is 0 Å². The molecule has 114 valence electrons. The highest BCUT2D eigenvalue weighted by Crippen LogP contribution is 2.24. The Balaban J connectivity index is 1.87. The van der Waals surface area contributed by atoms with E-state index in [2.05, 4.69) is 40.4 Å². The first kappa shape index (κ1) is 14.7. The van der Waals surface area contributed by atoms with Crippen molar-refractivity contribution in [2.45, 2.75) is 33.6 Å². The lowest BCUT2D eigenvalue weighted by Crippen LogP contribution is -2.11. The number of aryl methyl sites for hydroxylation is 2. The van der Waals surface area contributed by atoms with Gasteiger partial charge in [0.1, 0.15) is 10.7 Å². The Morgan fingerprint density at radius 1 is 1.23 bits per heavy atom. The van der Waals surface area contributed by atoms with Gasteiger partial charge in [0.15, 0.2) is 0 Å². The highest BCUT2D eigenvalue weighted by Gasteiger charge is 2.14. The van der Waals surface area contributed by atoms with Gasteiger partial charge in [0, 0.05) is 16.8 Å². The molecule has 1 aromatic carbocycles. The molecular formula is C16H18N4OS. The zero-order chi connectivity index (χ0) is 15.9. The van der Waals surface area contributed by atoms with E-state index in [9.17, 15) is 4.79 Å². The van der Waals surface area contributed by atoms with Gasteiger partial charge in [0.05, 0.1) is 0 Å². The number of benzene rings is 1. The normalized spacial score (nSPS) is 11.3. The number of H-pyrrole nitrogens is 1. The maximum absolute atomic E-state index is 12.4. The van der Waals surface area contributed by atoms with Crippen LogP contribution in [0.15, 0.2) is 18.2 Å². The first-order chi connectivity index (χ1) is 10.4. The van der Waals surface area contributed by atoms with Crippen LogP contribution in [-0.4, -0.2) is 21.1 Å². The van der Waals surface area contributed by atoms with Crippen molar-refractivity contribution in [1.29, 1.82) is 0 Å². The predicted octanol–water partition coefficient (Wildman–Crippen LogP) is 4.01. The fourth-order valence-corrected chi connectivity index (χ4v) is 3.15. The van der Waals surface area contributed by atoms with Crippen LogP contribution in [0.2, 0.25) is 0 Å². The van der Waals surface area contributed by atoms with Crippen LogP contribution in [0.4, 0.5) is 5.13 Å². The van der Waals surface area contributed by atoms with Gasteiger partial charge < -0.3 is 4.98 Å². The molecule has 0 aliphatic carbocycles. The molecule has 1 amide bonds. The minimum absolute atomic E-state index is 0.195. The minimum atomic E-state index is -0.195. The second kappa shape index (κ2) is 5.53. The molecule has 5 nitrogen and oxygen atoms in total. The van der Waals surface area contributed by atoms with Crippen LogP contribution in [0.3, 0.4) is 0 Å². The van der Waals surface area contributed by atoms with E-state index in [0.717, 1.165) is 21.5 Å². The molecule has 0 bridgehead atoms. The van der Waals surface area contributed by atoms with Crippen molar-refractivity contribution in [1.82, 2.24) is 15.2 Å². The van der Waals surface area contributed by atoms with Crippen LogP contribution in [-0.2, 0) is 0 Å². The standard InChI is InChI=1S/C16H18N4OS/c1-8(2)15-19-20-16(22-15)18-14(21)13-7-11-10(4)5-9(3)6-12(11)17-13/h5-8,17H,1-4H3,(H,18,20,21). The average Bonchev–Trinajstić information content (AvgIpc) is 3.05. The highest BCUT2D eigenvalue weighted by atomic mass is 32.1. The van der Waals surface area contributed by atoms with E-state index in [1.807, 2.05) is 26.0 Å². The lowest BCUT2D eigenvalue weighted by molar-refractivity contribution is 0.102. The SMILES string of the molecule is Cc1cc(C)c2cc(C(=O)Nc3nnc(C(C)C)s3)[nH]c2c1. The lowest BCUT2D eigenvalue weighted by atomic mass is 10.1. The topological polar surface area (TPSA) is 70.7 Å². The summed E-state index contributed by atoms with van der Waals surface area (Å²) in [5.41, 5.74) is 3.83. The highest BCUT2D eigenvalue weighted by molar-refractivity contribution is 7.15. The van der Waals surface area contributed by atoms with Crippen LogP contribution >= 0.6 is 11.3 Å². The van der Waals surface area contributed by atoms with Gasteiger partial charge in [-0.3, -0.25) is 10.1 Å². The molecule has 2 heterocycles. The summed E-state index contributed by atoms with van der Waals surface area (Å²) in [7, 11) is 0. The Hall–Kier alpha value is -2.21. The summed E-state index contributed by atoms with van der Waals surface area (Å²) in [6, 6.07) is 6.03. The molecule has 0 aliphatic rings. The van der Waals surface area contributed by atoms with Crippen LogP contribution < -0.4 is 5.32 Å². The molecule has 0 saturated carbocycles. The van der Waals surface area contributed by atoms with Gasteiger partial charge >= 0.3 is 0 Å². The van der Waals surface area contributed by atoms with Gasteiger partial charge in [0.2, 0.25) is 5.13 Å². The van der Waals surface area contributed by atoms with Gasteiger partial charge in [-0.2, -0.15) is 0 Å². The molecule has 0 unspecified atom stereocenters. The maximum Gasteiger partial charge on any atom is 0.273 e. The molecule has 0 radical (unpaired) electrons. The second-order valence-electron chi connectivity index (χ2n) is 5.78. The Kier molecular flexibility index (Phi) is 3.70. The third-order valence-corrected chi connectivity index (χ3v) is 4.63. The summed E-state index contributed by atoms with van der Waals surface area (Å²) in [5, 5.41) is 13.4. The predicted molar refractivity (Wildman–Crippen MR) is 89.7 cm³/mol. The number of aromatic amines is 1. The van der Waals surface area contributed by atoms with Crippen LogP contribution in [0.25, 0.3) is 10.9 Å². The Morgan fingerprint density at radius 2 is 2.00 bits per heavy atom.